The number of nitrogens with one attached hydrogen (secondary N) is 2. The lowest BCUT2D eigenvalue weighted by Crippen LogP contribution is -2.50. The highest BCUT2D eigenvalue weighted by Gasteiger charge is 2.29. The maximum absolute atomic E-state index is 13.4. The van der Waals surface area contributed by atoms with E-state index in [9.17, 15) is 18.8 Å². The van der Waals surface area contributed by atoms with Crippen LogP contribution in [0.25, 0.3) is 0 Å². The van der Waals surface area contributed by atoms with Gasteiger partial charge in [0.15, 0.2) is 0 Å². The molecule has 1 aliphatic rings. The van der Waals surface area contributed by atoms with E-state index in [0.29, 0.717) is 30.6 Å². The first-order valence-corrected chi connectivity index (χ1v) is 14.2. The molecule has 8 nitrogen and oxygen atoms in total. The Balaban J connectivity index is 1.46. The molecule has 0 aliphatic carbocycles. The fourth-order valence-corrected chi connectivity index (χ4v) is 5.28. The normalized spacial score (nSPS) is 17.0. The summed E-state index contributed by atoms with van der Waals surface area (Å²) in [5.74, 6) is -1.64. The van der Waals surface area contributed by atoms with Crippen LogP contribution in [0.3, 0.4) is 0 Å². The van der Waals surface area contributed by atoms with Gasteiger partial charge < -0.3 is 21.3 Å². The quantitative estimate of drug-likeness (QED) is 0.318. The van der Waals surface area contributed by atoms with Crippen molar-refractivity contribution in [3.63, 3.8) is 0 Å². The van der Waals surface area contributed by atoms with E-state index in [0.717, 1.165) is 24.8 Å². The van der Waals surface area contributed by atoms with Crippen LogP contribution in [0.15, 0.2) is 72.9 Å². The summed E-state index contributed by atoms with van der Waals surface area (Å²) in [5, 5.41) is 5.79. The Morgan fingerprint density at radius 3 is 2.54 bits per heavy atom. The smallest absolute Gasteiger partial charge is 0.270 e. The van der Waals surface area contributed by atoms with Crippen molar-refractivity contribution in [2.24, 2.45) is 11.7 Å². The molecule has 0 saturated carbocycles. The predicted octanol–water partition coefficient (Wildman–Crippen LogP) is 4.57. The second-order valence-corrected chi connectivity index (χ2v) is 10.7. The molecular formula is C32H38FN5O3. The average Bonchev–Trinajstić information content (AvgIpc) is 3.47. The van der Waals surface area contributed by atoms with E-state index in [1.807, 2.05) is 35.2 Å². The summed E-state index contributed by atoms with van der Waals surface area (Å²) in [6, 6.07) is 17.5. The fraction of sp³-hybridized carbons (Fsp3) is 0.375. The molecule has 0 bridgehead atoms. The molecular weight excluding hydrogens is 521 g/mol. The van der Waals surface area contributed by atoms with Gasteiger partial charge in [-0.3, -0.25) is 19.4 Å². The standard InChI is InChI=1S/C32H38FN5O3/c1-3-26-10-7-17-38(26)32(41)23-15-16-35-29(20-23)31(40)37-28(19-22-8-5-4-6-9-22)27(34)18-21(2)30(39)36-25-13-11-24(33)12-14-25/h4-6,8-9,11-16,20-21,26-28H,3,7,10,17-19,34H2,1-2H3,(H,36,39)(H,37,40)/t21-,26+,27+,28+/m1/s1. The number of likely N-dealkylation sites (tertiary alicyclic amines) is 1. The van der Waals surface area contributed by atoms with Gasteiger partial charge in [0.05, 0.1) is 0 Å². The van der Waals surface area contributed by atoms with Crippen LogP contribution < -0.4 is 16.4 Å². The molecule has 1 aromatic heterocycles. The first kappa shape index (κ1) is 29.9. The molecule has 216 valence electrons. The minimum atomic E-state index is -0.562. The van der Waals surface area contributed by atoms with Gasteiger partial charge in [-0.2, -0.15) is 0 Å². The van der Waals surface area contributed by atoms with Crippen LogP contribution in [0.5, 0.6) is 0 Å². The largest absolute Gasteiger partial charge is 0.346 e. The van der Waals surface area contributed by atoms with Crippen LogP contribution in [-0.4, -0.2) is 52.3 Å². The zero-order valence-electron chi connectivity index (χ0n) is 23.6. The molecule has 3 amide bonds. The molecule has 2 aromatic carbocycles. The maximum atomic E-state index is 13.4. The van der Waals surface area contributed by atoms with E-state index in [2.05, 4.69) is 22.5 Å². The lowest BCUT2D eigenvalue weighted by molar-refractivity contribution is -0.119. The lowest BCUT2D eigenvalue weighted by Gasteiger charge is -2.27. The van der Waals surface area contributed by atoms with Crippen molar-refractivity contribution in [3.8, 4) is 0 Å². The van der Waals surface area contributed by atoms with Gasteiger partial charge in [-0.25, -0.2) is 4.39 Å². The highest BCUT2D eigenvalue weighted by Crippen LogP contribution is 2.22. The van der Waals surface area contributed by atoms with Gasteiger partial charge in [0.25, 0.3) is 11.8 Å². The van der Waals surface area contributed by atoms with Crippen molar-refractivity contribution in [2.75, 3.05) is 11.9 Å². The number of halogens is 1. The second-order valence-electron chi connectivity index (χ2n) is 10.7. The number of anilines is 1. The van der Waals surface area contributed by atoms with E-state index < -0.39 is 23.9 Å². The van der Waals surface area contributed by atoms with Crippen molar-refractivity contribution in [1.82, 2.24) is 15.2 Å². The predicted molar refractivity (Wildman–Crippen MR) is 157 cm³/mol. The number of carbonyl (C=O) groups is 3. The van der Waals surface area contributed by atoms with E-state index in [-0.39, 0.29) is 29.4 Å². The highest BCUT2D eigenvalue weighted by atomic mass is 19.1. The third-order valence-electron chi connectivity index (χ3n) is 7.67. The molecule has 0 spiro atoms. The number of rotatable bonds is 11. The molecule has 1 aliphatic heterocycles. The number of nitrogens with zero attached hydrogens (tertiary/aromatic N) is 2. The Labute approximate surface area is 240 Å². The minimum Gasteiger partial charge on any atom is -0.346 e. The van der Waals surface area contributed by atoms with Crippen LogP contribution in [0.1, 0.15) is 65.9 Å². The maximum Gasteiger partial charge on any atom is 0.270 e. The molecule has 0 radical (unpaired) electrons. The van der Waals surface area contributed by atoms with Gasteiger partial charge in [-0.1, -0.05) is 44.2 Å². The summed E-state index contributed by atoms with van der Waals surface area (Å²) in [7, 11) is 0. The number of nitrogens with two attached hydrogens (primary N) is 1. The fourth-order valence-electron chi connectivity index (χ4n) is 5.28. The number of pyridine rings is 1. The summed E-state index contributed by atoms with van der Waals surface area (Å²) in [6.45, 7) is 4.55. The Morgan fingerprint density at radius 2 is 1.83 bits per heavy atom. The molecule has 2 heterocycles. The highest BCUT2D eigenvalue weighted by molar-refractivity contribution is 5.99. The Hall–Kier alpha value is -4.11. The zero-order chi connectivity index (χ0) is 29.4. The van der Waals surface area contributed by atoms with E-state index >= 15 is 0 Å². The second kappa shape index (κ2) is 14.0. The van der Waals surface area contributed by atoms with Crippen LogP contribution >= 0.6 is 0 Å². The van der Waals surface area contributed by atoms with Crippen LogP contribution in [0.4, 0.5) is 10.1 Å². The van der Waals surface area contributed by atoms with Crippen molar-refractivity contribution in [2.45, 2.75) is 64.1 Å². The Morgan fingerprint density at radius 1 is 1.10 bits per heavy atom. The van der Waals surface area contributed by atoms with E-state index in [4.69, 9.17) is 5.73 Å². The molecule has 1 fully saturated rings. The Kier molecular flexibility index (Phi) is 10.2. The minimum absolute atomic E-state index is 0.0932. The zero-order valence-corrected chi connectivity index (χ0v) is 23.6. The van der Waals surface area contributed by atoms with Gasteiger partial charge >= 0.3 is 0 Å². The number of aromatic nitrogens is 1. The molecule has 41 heavy (non-hydrogen) atoms. The van der Waals surface area contributed by atoms with Crippen LogP contribution in [0, 0.1) is 11.7 Å². The van der Waals surface area contributed by atoms with Crippen molar-refractivity contribution >= 4 is 23.4 Å². The van der Waals surface area contributed by atoms with Gasteiger partial charge in [0.2, 0.25) is 5.91 Å². The first-order valence-electron chi connectivity index (χ1n) is 14.2. The number of carbonyl (C=O) groups excluding carboxylic acids is 3. The molecule has 0 unspecified atom stereocenters. The number of amides is 3. The topological polar surface area (TPSA) is 117 Å². The SMILES string of the molecule is CC[C@H]1CCCN1C(=O)c1ccnc(C(=O)N[C@@H](Cc2ccccc2)[C@@H](N)C[C@@H](C)C(=O)Nc2ccc(F)cc2)c1. The van der Waals surface area contributed by atoms with Crippen molar-refractivity contribution in [1.29, 1.82) is 0 Å². The molecule has 9 heteroatoms. The van der Waals surface area contributed by atoms with Gasteiger partial charge in [-0.05, 0) is 74.1 Å². The lowest BCUT2D eigenvalue weighted by atomic mass is 9.92. The number of hydrogen-bond acceptors (Lipinski definition) is 5. The van der Waals surface area contributed by atoms with E-state index in [1.165, 1.54) is 36.5 Å². The van der Waals surface area contributed by atoms with Gasteiger partial charge in [0.1, 0.15) is 11.5 Å². The summed E-state index contributed by atoms with van der Waals surface area (Å²) in [6.07, 6.45) is 5.08. The monoisotopic (exact) mass is 559 g/mol. The van der Waals surface area contributed by atoms with Crippen molar-refractivity contribution < 1.29 is 18.8 Å². The summed E-state index contributed by atoms with van der Waals surface area (Å²) in [4.78, 5) is 45.5. The summed E-state index contributed by atoms with van der Waals surface area (Å²) < 4.78 is 13.2. The first-order chi connectivity index (χ1) is 19.7. The summed E-state index contributed by atoms with van der Waals surface area (Å²) in [5.41, 5.74) is 8.65. The molecule has 1 saturated heterocycles. The molecule has 3 aromatic rings. The van der Waals surface area contributed by atoms with E-state index in [1.54, 1.807) is 13.0 Å². The van der Waals surface area contributed by atoms with Crippen LogP contribution in [0.2, 0.25) is 0 Å². The third-order valence-corrected chi connectivity index (χ3v) is 7.67. The van der Waals surface area contributed by atoms with Crippen LogP contribution in [-0.2, 0) is 11.2 Å². The molecule has 4 N–H and O–H groups in total. The van der Waals surface area contributed by atoms with Gasteiger partial charge in [-0.15, -0.1) is 0 Å². The average molecular weight is 560 g/mol. The van der Waals surface area contributed by atoms with Gasteiger partial charge in [0, 0.05) is 48.0 Å². The summed E-state index contributed by atoms with van der Waals surface area (Å²) >= 11 is 0. The molecule has 4 rings (SSSR count). The number of benzene rings is 2. The molecule has 4 atom stereocenters. The third kappa shape index (κ3) is 7.98. The number of hydrogen-bond donors (Lipinski definition) is 3. The van der Waals surface area contributed by atoms with Crippen molar-refractivity contribution in [3.05, 3.63) is 95.6 Å². The Bertz CT molecular complexity index is 1330.